The molecule has 0 aromatic heterocycles. The molecule has 0 unspecified atom stereocenters. The third kappa shape index (κ3) is 3.17. The van der Waals surface area contributed by atoms with Crippen LogP contribution in [0.25, 0.3) is 0 Å². The Morgan fingerprint density at radius 2 is 1.93 bits per heavy atom. The van der Waals surface area contributed by atoms with Gasteiger partial charge in [-0.05, 0) is 28.1 Å². The fourth-order valence-electron chi connectivity index (χ4n) is 0.836. The zero-order valence-corrected chi connectivity index (χ0v) is 8.41. The molecule has 1 N–H and O–H groups in total. The van der Waals surface area contributed by atoms with Crippen molar-refractivity contribution in [2.75, 3.05) is 11.9 Å². The molecule has 0 aliphatic carbocycles. The van der Waals surface area contributed by atoms with E-state index in [1.165, 1.54) is 12.1 Å². The lowest BCUT2D eigenvalue weighted by Crippen LogP contribution is -2.21. The molecule has 0 atom stereocenters. The van der Waals surface area contributed by atoms with Crippen molar-refractivity contribution in [1.29, 1.82) is 0 Å². The minimum absolute atomic E-state index is 0.00394. The molecule has 0 saturated heterocycles. The number of halogens is 5. The summed E-state index contributed by atoms with van der Waals surface area (Å²) in [5.41, 5.74) is 0.0855. The van der Waals surface area contributed by atoms with E-state index in [-0.39, 0.29) is 10.2 Å². The molecule has 0 heterocycles. The van der Waals surface area contributed by atoms with Crippen LogP contribution >= 0.6 is 15.9 Å². The van der Waals surface area contributed by atoms with Gasteiger partial charge >= 0.3 is 6.18 Å². The topological polar surface area (TPSA) is 12.0 Å². The van der Waals surface area contributed by atoms with Gasteiger partial charge in [-0.15, -0.1) is 0 Å². The summed E-state index contributed by atoms with van der Waals surface area (Å²) in [5, 5.41) is 2.08. The van der Waals surface area contributed by atoms with Gasteiger partial charge in [-0.2, -0.15) is 13.2 Å². The minimum atomic E-state index is -4.31. The molecule has 1 rings (SSSR count). The van der Waals surface area contributed by atoms with E-state index in [1.807, 2.05) is 0 Å². The van der Waals surface area contributed by atoms with E-state index >= 15 is 0 Å². The third-order valence-corrected chi connectivity index (χ3v) is 2.24. The highest BCUT2D eigenvalue weighted by Crippen LogP contribution is 2.26. The molecule has 0 fully saturated rings. The highest BCUT2D eigenvalue weighted by atomic mass is 79.9. The van der Waals surface area contributed by atoms with Crippen molar-refractivity contribution in [3.63, 3.8) is 0 Å². The zero-order valence-electron chi connectivity index (χ0n) is 6.83. The van der Waals surface area contributed by atoms with Crippen LogP contribution in [0.1, 0.15) is 0 Å². The van der Waals surface area contributed by atoms with Gasteiger partial charge in [0.1, 0.15) is 12.4 Å². The third-order valence-electron chi connectivity index (χ3n) is 1.43. The van der Waals surface area contributed by atoms with Crippen LogP contribution in [0.15, 0.2) is 22.7 Å². The fourth-order valence-corrected chi connectivity index (χ4v) is 1.24. The van der Waals surface area contributed by atoms with Crippen LogP contribution in [-0.4, -0.2) is 12.7 Å². The monoisotopic (exact) mass is 271 g/mol. The van der Waals surface area contributed by atoms with Crippen molar-refractivity contribution < 1.29 is 17.6 Å². The number of benzene rings is 1. The number of anilines is 1. The van der Waals surface area contributed by atoms with E-state index < -0.39 is 18.5 Å². The predicted octanol–water partition coefficient (Wildman–Crippen LogP) is 3.56. The first-order chi connectivity index (χ1) is 6.40. The Hall–Kier alpha value is -0.780. The summed E-state index contributed by atoms with van der Waals surface area (Å²) in [7, 11) is 0. The lowest BCUT2D eigenvalue weighted by atomic mass is 10.3. The molecule has 0 radical (unpaired) electrons. The Bertz CT molecular complexity index is 324. The molecule has 6 heteroatoms. The number of rotatable bonds is 2. The molecule has 1 aromatic rings. The van der Waals surface area contributed by atoms with Gasteiger partial charge in [-0.25, -0.2) is 4.39 Å². The van der Waals surface area contributed by atoms with Crippen molar-refractivity contribution in [2.45, 2.75) is 6.18 Å². The van der Waals surface area contributed by atoms with E-state index in [2.05, 4.69) is 21.2 Å². The van der Waals surface area contributed by atoms with Crippen LogP contribution in [0.3, 0.4) is 0 Å². The number of hydrogen-bond donors (Lipinski definition) is 1. The Labute approximate surface area is 86.2 Å². The molecule has 0 amide bonds. The quantitative estimate of drug-likeness (QED) is 0.811. The molecular weight excluding hydrogens is 266 g/mol. The molecule has 0 spiro atoms. The van der Waals surface area contributed by atoms with Crippen LogP contribution in [0.4, 0.5) is 23.2 Å². The van der Waals surface area contributed by atoms with Gasteiger partial charge in [0.05, 0.1) is 10.2 Å². The molecule has 78 valence electrons. The van der Waals surface area contributed by atoms with E-state index in [9.17, 15) is 17.6 Å². The molecule has 0 aliphatic heterocycles. The predicted molar refractivity (Wildman–Crippen MR) is 48.6 cm³/mol. The summed E-state index contributed by atoms with van der Waals surface area (Å²) >= 11 is 2.84. The Balaban J connectivity index is 2.73. The van der Waals surface area contributed by atoms with Gasteiger partial charge in [0.25, 0.3) is 0 Å². The van der Waals surface area contributed by atoms with Crippen molar-refractivity contribution in [1.82, 2.24) is 0 Å². The van der Waals surface area contributed by atoms with Crippen molar-refractivity contribution in [3.05, 3.63) is 28.5 Å². The van der Waals surface area contributed by atoms with Crippen LogP contribution in [0, 0.1) is 5.82 Å². The van der Waals surface area contributed by atoms with Gasteiger partial charge < -0.3 is 5.32 Å². The van der Waals surface area contributed by atoms with Gasteiger partial charge in [-0.3, -0.25) is 0 Å². The largest absolute Gasteiger partial charge is 0.405 e. The summed E-state index contributed by atoms with van der Waals surface area (Å²) in [6.45, 7) is -1.19. The maximum Gasteiger partial charge on any atom is 0.405 e. The molecule has 0 bridgehead atoms. The van der Waals surface area contributed by atoms with Gasteiger partial charge in [0.15, 0.2) is 0 Å². The lowest BCUT2D eigenvalue weighted by Gasteiger charge is -2.10. The molecule has 0 aliphatic rings. The maximum atomic E-state index is 12.8. The molecule has 14 heavy (non-hydrogen) atoms. The average molecular weight is 272 g/mol. The Morgan fingerprint density at radius 3 is 2.50 bits per heavy atom. The molecular formula is C8H6BrF4N. The van der Waals surface area contributed by atoms with Crippen LogP contribution in [0.2, 0.25) is 0 Å². The van der Waals surface area contributed by atoms with E-state index in [1.54, 1.807) is 0 Å². The number of hydrogen-bond acceptors (Lipinski definition) is 1. The fraction of sp³-hybridized carbons (Fsp3) is 0.250. The second-order valence-corrected chi connectivity index (χ2v) is 3.36. The smallest absolute Gasteiger partial charge is 0.375 e. The van der Waals surface area contributed by atoms with Gasteiger partial charge in [-0.1, -0.05) is 6.07 Å². The van der Waals surface area contributed by atoms with Gasteiger partial charge in [0.2, 0.25) is 0 Å². The first kappa shape index (κ1) is 11.3. The Morgan fingerprint density at radius 1 is 1.29 bits per heavy atom. The number of alkyl halides is 3. The highest BCUT2D eigenvalue weighted by Gasteiger charge is 2.26. The van der Waals surface area contributed by atoms with Crippen molar-refractivity contribution in [3.8, 4) is 0 Å². The summed E-state index contributed by atoms with van der Waals surface area (Å²) in [5.74, 6) is -0.600. The summed E-state index contributed by atoms with van der Waals surface area (Å²) in [6, 6.07) is 3.85. The lowest BCUT2D eigenvalue weighted by molar-refractivity contribution is -0.115. The molecule has 0 saturated carbocycles. The highest BCUT2D eigenvalue weighted by molar-refractivity contribution is 9.10. The Kier molecular flexibility index (Phi) is 3.36. The van der Waals surface area contributed by atoms with Gasteiger partial charge in [0, 0.05) is 0 Å². The summed E-state index contributed by atoms with van der Waals surface area (Å²) in [6.07, 6.45) is -4.31. The average Bonchev–Trinajstić information content (AvgIpc) is 2.06. The van der Waals surface area contributed by atoms with E-state index in [4.69, 9.17) is 0 Å². The second kappa shape index (κ2) is 4.16. The van der Waals surface area contributed by atoms with Crippen LogP contribution < -0.4 is 5.32 Å². The first-order valence-corrected chi connectivity index (χ1v) is 4.44. The molecule has 1 nitrogen and oxygen atoms in total. The maximum absolute atomic E-state index is 12.8. The zero-order chi connectivity index (χ0) is 10.8. The SMILES string of the molecule is Fc1cccc(NCC(F)(F)F)c1Br. The van der Waals surface area contributed by atoms with E-state index in [0.717, 1.165) is 6.07 Å². The molecule has 1 aromatic carbocycles. The summed E-state index contributed by atoms with van der Waals surface area (Å²) in [4.78, 5) is 0. The standard InChI is InChI=1S/C8H6BrF4N/c9-7-5(10)2-1-3-6(7)14-4-8(11,12)13/h1-3,14H,4H2. The minimum Gasteiger partial charge on any atom is -0.375 e. The summed E-state index contributed by atoms with van der Waals surface area (Å²) < 4.78 is 48.2. The van der Waals surface area contributed by atoms with Crippen molar-refractivity contribution >= 4 is 21.6 Å². The second-order valence-electron chi connectivity index (χ2n) is 2.57. The first-order valence-electron chi connectivity index (χ1n) is 3.65. The normalized spacial score (nSPS) is 11.5. The number of nitrogens with one attached hydrogen (secondary N) is 1. The van der Waals surface area contributed by atoms with Crippen molar-refractivity contribution in [2.24, 2.45) is 0 Å². The van der Waals surface area contributed by atoms with Crippen LogP contribution in [-0.2, 0) is 0 Å². The van der Waals surface area contributed by atoms with Crippen LogP contribution in [0.5, 0.6) is 0 Å². The van der Waals surface area contributed by atoms with E-state index in [0.29, 0.717) is 0 Å².